The molecule has 0 aliphatic rings. The van der Waals surface area contributed by atoms with Gasteiger partial charge in [-0.25, -0.2) is 9.97 Å². The molecule has 3 aromatic rings. The lowest BCUT2D eigenvalue weighted by Gasteiger charge is -2.08. The number of rotatable bonds is 5. The fraction of sp³-hybridized carbons (Fsp3) is 0.278. The number of halogens is 1. The first kappa shape index (κ1) is 21.1. The third-order valence-corrected chi connectivity index (χ3v) is 3.92. The first-order valence-corrected chi connectivity index (χ1v) is 8.33. The number of aromatic nitrogens is 3. The number of pyridine rings is 1. The lowest BCUT2D eigenvalue weighted by Crippen LogP contribution is -2.24. The fourth-order valence-electron chi connectivity index (χ4n) is 2.74. The average Bonchev–Trinajstić information content (AvgIpc) is 2.94. The Morgan fingerprint density at radius 3 is 2.57 bits per heavy atom. The van der Waals surface area contributed by atoms with Crippen LogP contribution in [-0.2, 0) is 6.54 Å². The number of fused-ring (bicyclic) bond motifs is 1. The number of hydrogen-bond acceptors (Lipinski definition) is 6. The molecule has 28 heavy (non-hydrogen) atoms. The highest BCUT2D eigenvalue weighted by Crippen LogP contribution is 2.22. The van der Waals surface area contributed by atoms with Crippen molar-refractivity contribution in [3.8, 4) is 0 Å². The summed E-state index contributed by atoms with van der Waals surface area (Å²) in [5.74, 6) is -0.666. The molecule has 9 nitrogen and oxygen atoms in total. The molecule has 3 heterocycles. The highest BCUT2D eigenvalue weighted by Gasteiger charge is 2.23. The van der Waals surface area contributed by atoms with Gasteiger partial charge in [0.2, 0.25) is 5.71 Å². The SMILES string of the molecule is Cc1oc2ncn(CC(C)C)c(=O)c2c1C(=O)Nc1ccc(C(N)=O)nc1.Cl. The molecule has 148 valence electrons. The van der Waals surface area contributed by atoms with E-state index >= 15 is 0 Å². The van der Waals surface area contributed by atoms with Crippen LogP contribution in [0.15, 0.2) is 33.9 Å². The normalized spacial score (nSPS) is 10.7. The number of primary amides is 1. The van der Waals surface area contributed by atoms with Crippen molar-refractivity contribution >= 4 is 41.0 Å². The van der Waals surface area contributed by atoms with Gasteiger partial charge in [0.25, 0.3) is 17.4 Å². The second-order valence-corrected chi connectivity index (χ2v) is 6.56. The Balaban J connectivity index is 0.00000280. The maximum absolute atomic E-state index is 12.8. The molecule has 0 spiro atoms. The van der Waals surface area contributed by atoms with Crippen molar-refractivity contribution < 1.29 is 14.0 Å². The van der Waals surface area contributed by atoms with E-state index in [0.717, 1.165) is 0 Å². The molecule has 10 heteroatoms. The Morgan fingerprint density at radius 1 is 1.29 bits per heavy atom. The number of furan rings is 1. The number of nitrogens with two attached hydrogens (primary N) is 1. The van der Waals surface area contributed by atoms with Crippen LogP contribution in [0.25, 0.3) is 11.1 Å². The van der Waals surface area contributed by atoms with Gasteiger partial charge in [-0.15, -0.1) is 12.4 Å². The van der Waals surface area contributed by atoms with E-state index in [1.807, 2.05) is 13.8 Å². The number of carbonyl (C=O) groups is 2. The number of hydrogen-bond donors (Lipinski definition) is 2. The van der Waals surface area contributed by atoms with E-state index in [1.54, 1.807) is 6.92 Å². The standard InChI is InChI=1S/C18H19N5O4.ClH/c1-9(2)7-23-8-21-17-14(18(23)26)13(10(3)27-17)16(25)22-11-4-5-12(15(19)24)20-6-11;/h4-6,8-9H,7H2,1-3H3,(H2,19,24)(H,22,25);1H. The zero-order valence-electron chi connectivity index (χ0n) is 15.6. The molecule has 0 unspecified atom stereocenters. The Bertz CT molecular complexity index is 1090. The molecule has 0 saturated heterocycles. The second kappa shape index (κ2) is 8.22. The van der Waals surface area contributed by atoms with Gasteiger partial charge in [-0.3, -0.25) is 19.0 Å². The molecule has 0 saturated carbocycles. The molecule has 0 aliphatic heterocycles. The van der Waals surface area contributed by atoms with Crippen molar-refractivity contribution in [2.24, 2.45) is 11.7 Å². The van der Waals surface area contributed by atoms with Crippen molar-refractivity contribution in [2.45, 2.75) is 27.3 Å². The van der Waals surface area contributed by atoms with Crippen LogP contribution in [0.4, 0.5) is 5.69 Å². The smallest absolute Gasteiger partial charge is 0.267 e. The number of carbonyl (C=O) groups excluding carboxylic acids is 2. The summed E-state index contributed by atoms with van der Waals surface area (Å²) >= 11 is 0. The topological polar surface area (TPSA) is 133 Å². The number of aryl methyl sites for hydroxylation is 1. The van der Waals surface area contributed by atoms with Crippen molar-refractivity contribution in [1.82, 2.24) is 14.5 Å². The number of nitrogens with zero attached hydrogens (tertiary/aromatic N) is 3. The summed E-state index contributed by atoms with van der Waals surface area (Å²) in [5, 5.41) is 2.78. The summed E-state index contributed by atoms with van der Waals surface area (Å²) in [5.41, 5.74) is 5.48. The summed E-state index contributed by atoms with van der Waals surface area (Å²) in [6.07, 6.45) is 2.73. The van der Waals surface area contributed by atoms with Crippen LogP contribution in [0.3, 0.4) is 0 Å². The summed E-state index contributed by atoms with van der Waals surface area (Å²) in [6.45, 7) is 6.03. The molecule has 0 fully saturated rings. The quantitative estimate of drug-likeness (QED) is 0.667. The molecule has 0 radical (unpaired) electrons. The molecule has 3 aromatic heterocycles. The van der Waals surface area contributed by atoms with Crippen molar-refractivity contribution in [3.05, 3.63) is 52.0 Å². The first-order valence-electron chi connectivity index (χ1n) is 8.33. The molecule has 0 bridgehead atoms. The van der Waals surface area contributed by atoms with Crippen LogP contribution in [0.1, 0.15) is 40.5 Å². The fourth-order valence-corrected chi connectivity index (χ4v) is 2.74. The molecule has 0 aromatic carbocycles. The van der Waals surface area contributed by atoms with Crippen LogP contribution < -0.4 is 16.6 Å². The van der Waals surface area contributed by atoms with Gasteiger partial charge in [-0.05, 0) is 25.0 Å². The van der Waals surface area contributed by atoms with E-state index < -0.39 is 11.8 Å². The van der Waals surface area contributed by atoms with E-state index in [1.165, 1.54) is 29.2 Å². The van der Waals surface area contributed by atoms with Gasteiger partial charge >= 0.3 is 0 Å². The minimum Gasteiger partial charge on any atom is -0.442 e. The Hall–Kier alpha value is -3.20. The Kier molecular flexibility index (Phi) is 6.19. The maximum atomic E-state index is 12.8. The lowest BCUT2D eigenvalue weighted by atomic mass is 10.1. The van der Waals surface area contributed by atoms with Crippen molar-refractivity contribution in [3.63, 3.8) is 0 Å². The third kappa shape index (κ3) is 4.04. The zero-order valence-corrected chi connectivity index (χ0v) is 16.4. The lowest BCUT2D eigenvalue weighted by molar-refractivity contribution is 0.0994. The van der Waals surface area contributed by atoms with E-state index in [-0.39, 0.29) is 52.0 Å². The molecule has 0 aliphatic carbocycles. The summed E-state index contributed by atoms with van der Waals surface area (Å²) in [6, 6.07) is 2.90. The minimum absolute atomic E-state index is 0. The van der Waals surface area contributed by atoms with Crippen molar-refractivity contribution in [1.29, 1.82) is 0 Å². The maximum Gasteiger partial charge on any atom is 0.267 e. The molecule has 3 N–H and O–H groups in total. The van der Waals surface area contributed by atoms with Gasteiger partial charge in [-0.1, -0.05) is 13.8 Å². The third-order valence-electron chi connectivity index (χ3n) is 3.92. The van der Waals surface area contributed by atoms with E-state index in [4.69, 9.17) is 10.2 Å². The van der Waals surface area contributed by atoms with Crippen LogP contribution in [0.5, 0.6) is 0 Å². The summed E-state index contributed by atoms with van der Waals surface area (Å²) in [7, 11) is 0. The monoisotopic (exact) mass is 405 g/mol. The molecule has 0 atom stereocenters. The van der Waals surface area contributed by atoms with Gasteiger partial charge in [0.05, 0.1) is 17.4 Å². The Morgan fingerprint density at radius 2 is 2.00 bits per heavy atom. The van der Waals surface area contributed by atoms with E-state index in [2.05, 4.69) is 15.3 Å². The molecular formula is C18H20ClN5O4. The van der Waals surface area contributed by atoms with Crippen LogP contribution in [0, 0.1) is 12.8 Å². The summed E-state index contributed by atoms with van der Waals surface area (Å²) in [4.78, 5) is 44.6. The van der Waals surface area contributed by atoms with Gasteiger partial charge in [0.1, 0.15) is 23.2 Å². The van der Waals surface area contributed by atoms with Gasteiger partial charge in [0, 0.05) is 6.54 Å². The van der Waals surface area contributed by atoms with Crippen LogP contribution >= 0.6 is 12.4 Å². The highest BCUT2D eigenvalue weighted by molar-refractivity contribution is 6.12. The van der Waals surface area contributed by atoms with E-state index in [0.29, 0.717) is 12.2 Å². The Labute approximate surface area is 166 Å². The molecule has 3 rings (SSSR count). The predicted molar refractivity (Wildman–Crippen MR) is 106 cm³/mol. The molecular weight excluding hydrogens is 386 g/mol. The first-order chi connectivity index (χ1) is 12.8. The van der Waals surface area contributed by atoms with Crippen LogP contribution in [-0.4, -0.2) is 26.3 Å². The number of anilines is 1. The number of amides is 2. The van der Waals surface area contributed by atoms with Crippen LogP contribution in [0.2, 0.25) is 0 Å². The highest BCUT2D eigenvalue weighted by atomic mass is 35.5. The van der Waals surface area contributed by atoms with Crippen molar-refractivity contribution in [2.75, 3.05) is 5.32 Å². The van der Waals surface area contributed by atoms with Gasteiger partial charge < -0.3 is 15.5 Å². The summed E-state index contributed by atoms with van der Waals surface area (Å²) < 4.78 is 6.95. The number of nitrogens with one attached hydrogen (secondary N) is 1. The van der Waals surface area contributed by atoms with Gasteiger partial charge in [-0.2, -0.15) is 0 Å². The van der Waals surface area contributed by atoms with E-state index in [9.17, 15) is 14.4 Å². The zero-order chi connectivity index (χ0) is 19.7. The predicted octanol–water partition coefficient (Wildman–Crippen LogP) is 2.12. The molecule has 2 amide bonds. The average molecular weight is 406 g/mol. The minimum atomic E-state index is -0.665. The second-order valence-electron chi connectivity index (χ2n) is 6.56. The largest absolute Gasteiger partial charge is 0.442 e. The van der Waals surface area contributed by atoms with Gasteiger partial charge in [0.15, 0.2) is 0 Å².